The van der Waals surface area contributed by atoms with Gasteiger partial charge in [0.05, 0.1) is 17.2 Å². The third-order valence-electron chi connectivity index (χ3n) is 1.98. The maximum Gasteiger partial charge on any atom is 0.337 e. The predicted molar refractivity (Wildman–Crippen MR) is 66.9 cm³/mol. The quantitative estimate of drug-likeness (QED) is 0.669. The van der Waals surface area contributed by atoms with Crippen LogP contribution < -0.4 is 11.1 Å². The first-order valence-electron chi connectivity index (χ1n) is 5.15. The summed E-state index contributed by atoms with van der Waals surface area (Å²) in [6.45, 7) is 0.522. The number of carboxylic acid groups (broad SMARTS) is 1. The number of carboxylic acids is 1. The number of nitrogens with one attached hydrogen (secondary N) is 1. The number of aromatic carboxylic acids is 1. The SMILES string of the molecule is NCCOCC(=O)Nc1ccc(C(=O)O)c(Cl)c1. The topological polar surface area (TPSA) is 102 Å². The predicted octanol–water partition coefficient (Wildman–Crippen LogP) is 0.952. The fourth-order valence-corrected chi connectivity index (χ4v) is 1.47. The lowest BCUT2D eigenvalue weighted by molar-refractivity contribution is -0.120. The van der Waals surface area contributed by atoms with E-state index < -0.39 is 5.97 Å². The molecule has 0 radical (unpaired) electrons. The van der Waals surface area contributed by atoms with E-state index in [-0.39, 0.29) is 23.1 Å². The molecule has 0 aliphatic carbocycles. The minimum absolute atomic E-state index is 0.0194. The van der Waals surface area contributed by atoms with Crippen LogP contribution in [-0.2, 0) is 9.53 Å². The number of carbonyl (C=O) groups excluding carboxylic acids is 1. The molecule has 0 heterocycles. The Balaban J connectivity index is 2.60. The molecule has 0 bridgehead atoms. The van der Waals surface area contributed by atoms with Crippen molar-refractivity contribution in [3.05, 3.63) is 28.8 Å². The summed E-state index contributed by atoms with van der Waals surface area (Å²) in [6.07, 6.45) is 0. The van der Waals surface area contributed by atoms with Crippen LogP contribution in [0.2, 0.25) is 5.02 Å². The van der Waals surface area contributed by atoms with Crippen molar-refractivity contribution in [3.8, 4) is 0 Å². The maximum atomic E-state index is 11.4. The number of amides is 1. The van der Waals surface area contributed by atoms with Crippen LogP contribution in [0.4, 0.5) is 5.69 Å². The van der Waals surface area contributed by atoms with Gasteiger partial charge in [0.25, 0.3) is 0 Å². The van der Waals surface area contributed by atoms with Crippen molar-refractivity contribution in [2.24, 2.45) is 5.73 Å². The number of ether oxygens (including phenoxy) is 1. The molecule has 0 spiro atoms. The van der Waals surface area contributed by atoms with Crippen molar-refractivity contribution in [1.82, 2.24) is 0 Å². The monoisotopic (exact) mass is 272 g/mol. The van der Waals surface area contributed by atoms with Crippen LogP contribution in [0.15, 0.2) is 18.2 Å². The fraction of sp³-hybridized carbons (Fsp3) is 0.273. The second-order valence-electron chi connectivity index (χ2n) is 3.39. The Morgan fingerprint density at radius 1 is 1.44 bits per heavy atom. The van der Waals surface area contributed by atoms with Gasteiger partial charge < -0.3 is 20.9 Å². The summed E-state index contributed by atoms with van der Waals surface area (Å²) in [5.74, 6) is -1.48. The van der Waals surface area contributed by atoms with E-state index in [9.17, 15) is 9.59 Å². The number of nitrogens with two attached hydrogens (primary N) is 1. The Hall–Kier alpha value is -1.63. The van der Waals surface area contributed by atoms with E-state index >= 15 is 0 Å². The smallest absolute Gasteiger partial charge is 0.337 e. The van der Waals surface area contributed by atoms with Gasteiger partial charge in [-0.3, -0.25) is 4.79 Å². The van der Waals surface area contributed by atoms with Crippen LogP contribution in [0.25, 0.3) is 0 Å². The maximum absolute atomic E-state index is 11.4. The zero-order chi connectivity index (χ0) is 13.5. The van der Waals surface area contributed by atoms with Crippen LogP contribution in [0.5, 0.6) is 0 Å². The summed E-state index contributed by atoms with van der Waals surface area (Å²) in [5.41, 5.74) is 5.59. The van der Waals surface area contributed by atoms with E-state index in [0.717, 1.165) is 0 Å². The summed E-state index contributed by atoms with van der Waals surface area (Å²) in [6, 6.07) is 4.14. The van der Waals surface area contributed by atoms with Gasteiger partial charge in [0.1, 0.15) is 6.61 Å². The molecule has 4 N–H and O–H groups in total. The number of hydrogen-bond donors (Lipinski definition) is 3. The van der Waals surface area contributed by atoms with Gasteiger partial charge in [-0.2, -0.15) is 0 Å². The normalized spacial score (nSPS) is 10.1. The molecule has 6 nitrogen and oxygen atoms in total. The van der Waals surface area contributed by atoms with Crippen molar-refractivity contribution in [3.63, 3.8) is 0 Å². The molecule has 1 aromatic rings. The number of halogens is 1. The Kier molecular flexibility index (Phi) is 5.57. The Morgan fingerprint density at radius 3 is 2.72 bits per heavy atom. The van der Waals surface area contributed by atoms with Crippen molar-refractivity contribution in [1.29, 1.82) is 0 Å². The van der Waals surface area contributed by atoms with E-state index in [1.807, 2.05) is 0 Å². The van der Waals surface area contributed by atoms with E-state index in [0.29, 0.717) is 18.8 Å². The van der Waals surface area contributed by atoms with Gasteiger partial charge >= 0.3 is 5.97 Å². The second-order valence-corrected chi connectivity index (χ2v) is 3.80. The molecule has 0 aliphatic rings. The molecular formula is C11H13ClN2O4. The summed E-state index contributed by atoms with van der Waals surface area (Å²) in [5, 5.41) is 11.4. The highest BCUT2D eigenvalue weighted by Crippen LogP contribution is 2.20. The van der Waals surface area contributed by atoms with Crippen LogP contribution >= 0.6 is 11.6 Å². The molecule has 0 saturated carbocycles. The third kappa shape index (κ3) is 4.33. The molecule has 0 saturated heterocycles. The van der Waals surface area contributed by atoms with Crippen LogP contribution in [0.1, 0.15) is 10.4 Å². The first-order chi connectivity index (χ1) is 8.54. The van der Waals surface area contributed by atoms with Gasteiger partial charge in [0, 0.05) is 12.2 Å². The van der Waals surface area contributed by atoms with Gasteiger partial charge in [0.15, 0.2) is 0 Å². The van der Waals surface area contributed by atoms with Crippen LogP contribution in [0.3, 0.4) is 0 Å². The zero-order valence-electron chi connectivity index (χ0n) is 9.48. The minimum atomic E-state index is -1.12. The molecule has 0 unspecified atom stereocenters. The summed E-state index contributed by atoms with van der Waals surface area (Å²) < 4.78 is 4.94. The lowest BCUT2D eigenvalue weighted by Gasteiger charge is -2.07. The fourth-order valence-electron chi connectivity index (χ4n) is 1.21. The Morgan fingerprint density at radius 2 is 2.17 bits per heavy atom. The number of carbonyl (C=O) groups is 2. The van der Waals surface area contributed by atoms with Crippen molar-refractivity contribution in [2.75, 3.05) is 25.1 Å². The number of anilines is 1. The number of rotatable bonds is 6. The molecule has 0 fully saturated rings. The van der Waals surface area contributed by atoms with Gasteiger partial charge in [-0.25, -0.2) is 4.79 Å². The van der Waals surface area contributed by atoms with Gasteiger partial charge in [0.2, 0.25) is 5.91 Å². The van der Waals surface area contributed by atoms with Crippen LogP contribution in [-0.4, -0.2) is 36.7 Å². The summed E-state index contributed by atoms with van der Waals surface area (Å²) in [7, 11) is 0. The highest BCUT2D eigenvalue weighted by Gasteiger charge is 2.10. The molecular weight excluding hydrogens is 260 g/mol. The molecule has 98 valence electrons. The second kappa shape index (κ2) is 6.95. The van der Waals surface area contributed by atoms with E-state index in [4.69, 9.17) is 27.2 Å². The Labute approximate surface area is 109 Å². The number of hydrogen-bond acceptors (Lipinski definition) is 4. The molecule has 0 atom stereocenters. The van der Waals surface area contributed by atoms with Crippen molar-refractivity contribution in [2.45, 2.75) is 0 Å². The molecule has 1 amide bonds. The van der Waals surface area contributed by atoms with E-state index in [1.165, 1.54) is 18.2 Å². The zero-order valence-corrected chi connectivity index (χ0v) is 10.2. The number of benzene rings is 1. The molecule has 18 heavy (non-hydrogen) atoms. The average molecular weight is 273 g/mol. The molecule has 0 aromatic heterocycles. The molecule has 1 rings (SSSR count). The van der Waals surface area contributed by atoms with Crippen LogP contribution in [0, 0.1) is 0 Å². The molecule has 1 aromatic carbocycles. The summed E-state index contributed by atoms with van der Waals surface area (Å²) in [4.78, 5) is 22.1. The van der Waals surface area contributed by atoms with Crippen molar-refractivity contribution >= 4 is 29.2 Å². The van der Waals surface area contributed by atoms with E-state index in [1.54, 1.807) is 0 Å². The molecule has 7 heteroatoms. The van der Waals surface area contributed by atoms with Crippen molar-refractivity contribution < 1.29 is 19.4 Å². The first-order valence-corrected chi connectivity index (χ1v) is 5.53. The standard InChI is InChI=1S/C11H13ClN2O4/c12-9-5-7(1-2-8(9)11(16)17)14-10(15)6-18-4-3-13/h1-2,5H,3-4,6,13H2,(H,14,15)(H,16,17). The lowest BCUT2D eigenvalue weighted by atomic mass is 10.2. The largest absolute Gasteiger partial charge is 0.478 e. The first kappa shape index (κ1) is 14.4. The van der Waals surface area contributed by atoms with Gasteiger partial charge in [-0.1, -0.05) is 11.6 Å². The lowest BCUT2D eigenvalue weighted by Crippen LogP contribution is -2.20. The van der Waals surface area contributed by atoms with Gasteiger partial charge in [-0.05, 0) is 18.2 Å². The average Bonchev–Trinajstić information content (AvgIpc) is 2.28. The highest BCUT2D eigenvalue weighted by atomic mass is 35.5. The Bertz CT molecular complexity index is 451. The van der Waals surface area contributed by atoms with E-state index in [2.05, 4.69) is 5.32 Å². The highest BCUT2D eigenvalue weighted by molar-refractivity contribution is 6.33. The summed E-state index contributed by atoms with van der Waals surface area (Å²) >= 11 is 5.75. The third-order valence-corrected chi connectivity index (χ3v) is 2.29. The van der Waals surface area contributed by atoms with Gasteiger partial charge in [-0.15, -0.1) is 0 Å². The molecule has 0 aliphatic heterocycles. The minimum Gasteiger partial charge on any atom is -0.478 e.